The van der Waals surface area contributed by atoms with Crippen molar-refractivity contribution in [3.05, 3.63) is 54.1 Å². The molecule has 40 heavy (non-hydrogen) atoms. The van der Waals surface area contributed by atoms with E-state index in [9.17, 15) is 9.59 Å². The molecule has 0 fully saturated rings. The number of carbonyl (C=O) groups excluding carboxylic acids is 2. The van der Waals surface area contributed by atoms with Gasteiger partial charge in [0.25, 0.3) is 5.91 Å². The molecular weight excluding hydrogens is 500 g/mol. The number of benzene rings is 1. The molecule has 0 bridgehead atoms. The zero-order valence-electron chi connectivity index (χ0n) is 25.0. The van der Waals surface area contributed by atoms with Gasteiger partial charge in [-0.1, -0.05) is 121 Å². The van der Waals surface area contributed by atoms with Crippen LogP contribution in [0.4, 0.5) is 4.79 Å². The number of carbonyl (C=O) groups is 2. The van der Waals surface area contributed by atoms with Gasteiger partial charge < -0.3 is 19.9 Å². The molecule has 0 radical (unpaired) electrons. The maximum Gasteiger partial charge on any atom is 0.407 e. The molecule has 0 spiro atoms. The van der Waals surface area contributed by atoms with E-state index in [2.05, 4.69) is 22.5 Å². The van der Waals surface area contributed by atoms with Crippen LogP contribution in [0, 0.1) is 0 Å². The van der Waals surface area contributed by atoms with Crippen molar-refractivity contribution in [2.24, 2.45) is 0 Å². The lowest BCUT2D eigenvalue weighted by Gasteiger charge is -2.11. The van der Waals surface area contributed by atoms with Crippen LogP contribution in [0.15, 0.2) is 43.0 Å². The Kier molecular flexibility index (Phi) is 19.1. The Morgan fingerprint density at radius 1 is 0.750 bits per heavy atom. The molecule has 0 unspecified atom stereocenters. The summed E-state index contributed by atoms with van der Waals surface area (Å²) in [6.45, 7) is 4.31. The molecule has 2 aromatic rings. The largest absolute Gasteiger partial charge is 0.445 e. The SMILES string of the molecule is CCCCCCCCCCCCCCCCCCNC(=O)c1ccccc1COC(=O)NCCCn1ccnc1. The second-order valence-electron chi connectivity index (χ2n) is 10.9. The van der Waals surface area contributed by atoms with Gasteiger partial charge in [-0.05, 0) is 18.9 Å². The monoisotopic (exact) mass is 554 g/mol. The molecule has 0 aliphatic rings. The van der Waals surface area contributed by atoms with E-state index in [1.165, 1.54) is 89.9 Å². The number of rotatable bonds is 24. The molecule has 0 saturated carbocycles. The molecule has 224 valence electrons. The highest BCUT2D eigenvalue weighted by Gasteiger charge is 2.12. The number of nitrogens with zero attached hydrogens (tertiary/aromatic N) is 2. The van der Waals surface area contributed by atoms with Crippen LogP contribution in [0.5, 0.6) is 0 Å². The summed E-state index contributed by atoms with van der Waals surface area (Å²) in [5.74, 6) is -0.110. The van der Waals surface area contributed by atoms with E-state index >= 15 is 0 Å². The Balaban J connectivity index is 1.45. The fraction of sp³-hybridized carbons (Fsp3) is 0.667. The number of amides is 2. The van der Waals surface area contributed by atoms with E-state index in [1.807, 2.05) is 29.0 Å². The first kappa shape index (κ1) is 33.4. The summed E-state index contributed by atoms with van der Waals surface area (Å²) in [4.78, 5) is 28.8. The molecule has 1 aromatic heterocycles. The number of hydrogen-bond donors (Lipinski definition) is 2. The standard InChI is InChI=1S/C33H54N4O3/c1-2-3-4-5-6-7-8-9-10-11-12-13-14-15-16-19-23-35-32(38)31-22-18-17-21-30(31)28-40-33(39)36-24-20-26-37-27-25-34-29-37/h17-18,21-22,25,27,29H,2-16,19-20,23-24,26,28H2,1H3,(H,35,38)(H,36,39). The van der Waals surface area contributed by atoms with Gasteiger partial charge in [-0.15, -0.1) is 0 Å². The normalized spacial score (nSPS) is 10.9. The summed E-state index contributed by atoms with van der Waals surface area (Å²) in [6.07, 6.45) is 27.0. The number of alkyl carbamates (subject to hydrolysis) is 1. The molecule has 0 saturated heterocycles. The predicted octanol–water partition coefficient (Wildman–Crippen LogP) is 8.19. The van der Waals surface area contributed by atoms with E-state index in [0.29, 0.717) is 24.2 Å². The second kappa shape index (κ2) is 22.9. The van der Waals surface area contributed by atoms with E-state index in [4.69, 9.17) is 4.74 Å². The van der Waals surface area contributed by atoms with Crippen LogP contribution in [-0.4, -0.2) is 34.6 Å². The zero-order chi connectivity index (χ0) is 28.5. The Hall–Kier alpha value is -2.83. The Morgan fingerprint density at radius 2 is 1.32 bits per heavy atom. The lowest BCUT2D eigenvalue weighted by molar-refractivity contribution is 0.0946. The van der Waals surface area contributed by atoms with Crippen molar-refractivity contribution in [2.45, 2.75) is 129 Å². The zero-order valence-corrected chi connectivity index (χ0v) is 25.0. The Morgan fingerprint density at radius 3 is 1.93 bits per heavy atom. The van der Waals surface area contributed by atoms with Gasteiger partial charge >= 0.3 is 6.09 Å². The maximum atomic E-state index is 12.7. The van der Waals surface area contributed by atoms with Gasteiger partial charge in [0.15, 0.2) is 0 Å². The summed E-state index contributed by atoms with van der Waals surface area (Å²) in [7, 11) is 0. The fourth-order valence-corrected chi connectivity index (χ4v) is 4.90. The first-order valence-electron chi connectivity index (χ1n) is 15.9. The third-order valence-electron chi connectivity index (χ3n) is 7.36. The first-order valence-corrected chi connectivity index (χ1v) is 15.9. The van der Waals surface area contributed by atoms with E-state index < -0.39 is 6.09 Å². The van der Waals surface area contributed by atoms with Crippen LogP contribution in [0.1, 0.15) is 132 Å². The number of imidazole rings is 1. The quantitative estimate of drug-likeness (QED) is 0.128. The van der Waals surface area contributed by atoms with E-state index in [1.54, 1.807) is 18.6 Å². The van der Waals surface area contributed by atoms with Gasteiger partial charge in [0.05, 0.1) is 6.33 Å². The number of aromatic nitrogens is 2. The lowest BCUT2D eigenvalue weighted by Crippen LogP contribution is -2.27. The Labute approximate surface area is 242 Å². The summed E-state index contributed by atoms with van der Waals surface area (Å²) in [5, 5.41) is 5.78. The minimum Gasteiger partial charge on any atom is -0.445 e. The molecule has 1 aromatic carbocycles. The predicted molar refractivity (Wildman–Crippen MR) is 163 cm³/mol. The molecule has 1 heterocycles. The number of ether oxygens (including phenoxy) is 1. The molecule has 0 atom stereocenters. The molecule has 7 nitrogen and oxygen atoms in total. The van der Waals surface area contributed by atoms with E-state index in [0.717, 1.165) is 25.8 Å². The third-order valence-corrected chi connectivity index (χ3v) is 7.36. The maximum absolute atomic E-state index is 12.7. The smallest absolute Gasteiger partial charge is 0.407 e. The molecule has 2 N–H and O–H groups in total. The second-order valence-corrected chi connectivity index (χ2v) is 10.9. The minimum absolute atomic E-state index is 0.0655. The van der Waals surface area contributed by atoms with E-state index in [-0.39, 0.29) is 12.5 Å². The molecule has 2 rings (SSSR count). The summed E-state index contributed by atoms with van der Waals surface area (Å²) in [6, 6.07) is 7.30. The fourth-order valence-electron chi connectivity index (χ4n) is 4.90. The van der Waals surface area contributed by atoms with Gasteiger partial charge in [-0.3, -0.25) is 4.79 Å². The first-order chi connectivity index (χ1) is 19.7. The highest BCUT2D eigenvalue weighted by atomic mass is 16.5. The van der Waals surface area contributed by atoms with Crippen molar-refractivity contribution < 1.29 is 14.3 Å². The molecule has 2 amide bonds. The van der Waals surface area contributed by atoms with Crippen molar-refractivity contribution in [1.29, 1.82) is 0 Å². The van der Waals surface area contributed by atoms with Crippen LogP contribution in [-0.2, 0) is 17.9 Å². The van der Waals surface area contributed by atoms with Crippen molar-refractivity contribution in [1.82, 2.24) is 20.2 Å². The lowest BCUT2D eigenvalue weighted by atomic mass is 10.0. The van der Waals surface area contributed by atoms with Gasteiger partial charge in [-0.2, -0.15) is 0 Å². The van der Waals surface area contributed by atoms with Gasteiger partial charge in [0.1, 0.15) is 6.61 Å². The van der Waals surface area contributed by atoms with Crippen molar-refractivity contribution >= 4 is 12.0 Å². The molecule has 0 aliphatic heterocycles. The number of unbranched alkanes of at least 4 members (excludes halogenated alkanes) is 15. The number of nitrogens with one attached hydrogen (secondary N) is 2. The average molecular weight is 555 g/mol. The molecular formula is C33H54N4O3. The van der Waals surface area contributed by atoms with Crippen molar-refractivity contribution in [3.8, 4) is 0 Å². The van der Waals surface area contributed by atoms with Crippen LogP contribution in [0.2, 0.25) is 0 Å². The van der Waals surface area contributed by atoms with Crippen molar-refractivity contribution in [3.63, 3.8) is 0 Å². The summed E-state index contributed by atoms with van der Waals surface area (Å²) >= 11 is 0. The van der Waals surface area contributed by atoms with Crippen LogP contribution in [0.25, 0.3) is 0 Å². The van der Waals surface area contributed by atoms with Crippen LogP contribution in [0.3, 0.4) is 0 Å². The third kappa shape index (κ3) is 16.3. The average Bonchev–Trinajstić information content (AvgIpc) is 3.49. The summed E-state index contributed by atoms with van der Waals surface area (Å²) in [5.41, 5.74) is 1.27. The van der Waals surface area contributed by atoms with Gasteiger partial charge in [0, 0.05) is 43.2 Å². The van der Waals surface area contributed by atoms with Gasteiger partial charge in [0.2, 0.25) is 0 Å². The van der Waals surface area contributed by atoms with Crippen molar-refractivity contribution in [2.75, 3.05) is 13.1 Å². The Bertz CT molecular complexity index is 901. The molecule has 7 heteroatoms. The number of hydrogen-bond acceptors (Lipinski definition) is 4. The highest BCUT2D eigenvalue weighted by Crippen LogP contribution is 2.14. The van der Waals surface area contributed by atoms with Gasteiger partial charge in [-0.25, -0.2) is 9.78 Å². The topological polar surface area (TPSA) is 85.2 Å². The molecule has 0 aliphatic carbocycles. The minimum atomic E-state index is -0.478. The van der Waals surface area contributed by atoms with Crippen LogP contribution >= 0.6 is 0 Å². The number of aryl methyl sites for hydroxylation is 1. The highest BCUT2D eigenvalue weighted by molar-refractivity contribution is 5.95. The summed E-state index contributed by atoms with van der Waals surface area (Å²) < 4.78 is 7.31. The van der Waals surface area contributed by atoms with Crippen LogP contribution < -0.4 is 10.6 Å².